The zero-order valence-corrected chi connectivity index (χ0v) is 12.5. The van der Waals surface area contributed by atoms with E-state index in [-0.39, 0.29) is 5.92 Å². The van der Waals surface area contributed by atoms with Crippen molar-refractivity contribution in [3.63, 3.8) is 0 Å². The number of carboxylic acids is 1. The molecular weight excluding hydrogens is 288 g/mol. The number of piperidine rings is 1. The van der Waals surface area contributed by atoms with Crippen molar-refractivity contribution in [1.29, 1.82) is 0 Å². The van der Waals surface area contributed by atoms with Gasteiger partial charge in [-0.25, -0.2) is 0 Å². The maximum atomic E-state index is 11.3. The van der Waals surface area contributed by atoms with Crippen molar-refractivity contribution >= 4 is 34.2 Å². The minimum atomic E-state index is -0.719. The lowest BCUT2D eigenvalue weighted by molar-refractivity contribution is -0.142. The second-order valence-electron chi connectivity index (χ2n) is 5.75. The maximum absolute atomic E-state index is 11.3. The van der Waals surface area contributed by atoms with E-state index in [9.17, 15) is 9.90 Å². The van der Waals surface area contributed by atoms with E-state index in [0.717, 1.165) is 29.6 Å². The summed E-state index contributed by atoms with van der Waals surface area (Å²) >= 11 is 6.20. The summed E-state index contributed by atoms with van der Waals surface area (Å²) in [5.41, 5.74) is 1.78. The topological polar surface area (TPSA) is 53.4 Å². The van der Waals surface area contributed by atoms with Gasteiger partial charge in [-0.05, 0) is 24.5 Å². The summed E-state index contributed by atoms with van der Waals surface area (Å²) in [6.07, 6.45) is 2.47. The van der Waals surface area contributed by atoms with Crippen molar-refractivity contribution in [2.75, 3.05) is 18.0 Å². The zero-order chi connectivity index (χ0) is 15.0. The number of aliphatic carboxylic acids is 1. The second-order valence-corrected chi connectivity index (χ2v) is 6.15. The number of hydrogen-bond acceptors (Lipinski definition) is 3. The molecule has 3 rings (SSSR count). The first kappa shape index (κ1) is 14.1. The molecule has 1 saturated heterocycles. The van der Waals surface area contributed by atoms with Gasteiger partial charge in [0.1, 0.15) is 0 Å². The van der Waals surface area contributed by atoms with E-state index < -0.39 is 5.97 Å². The first-order valence-electron chi connectivity index (χ1n) is 7.07. The number of para-hydroxylation sites is 1. The molecule has 1 aromatic heterocycles. The zero-order valence-electron chi connectivity index (χ0n) is 11.8. The fraction of sp³-hybridized carbons (Fsp3) is 0.375. The number of halogens is 1. The first-order valence-corrected chi connectivity index (χ1v) is 7.45. The van der Waals surface area contributed by atoms with Crippen molar-refractivity contribution in [1.82, 2.24) is 4.98 Å². The molecule has 0 aliphatic carbocycles. The van der Waals surface area contributed by atoms with Gasteiger partial charge in [0, 0.05) is 30.4 Å². The molecule has 2 atom stereocenters. The Labute approximate surface area is 128 Å². The number of aromatic nitrogens is 1. The van der Waals surface area contributed by atoms with Crippen LogP contribution in [0.2, 0.25) is 5.02 Å². The third-order valence-electron chi connectivity index (χ3n) is 4.05. The van der Waals surface area contributed by atoms with Crippen LogP contribution in [0.3, 0.4) is 0 Å². The van der Waals surface area contributed by atoms with E-state index in [1.54, 1.807) is 6.20 Å². The van der Waals surface area contributed by atoms with Crippen LogP contribution in [0.1, 0.15) is 13.3 Å². The first-order chi connectivity index (χ1) is 10.1. The minimum Gasteiger partial charge on any atom is -0.481 e. The van der Waals surface area contributed by atoms with Crippen LogP contribution >= 0.6 is 11.6 Å². The van der Waals surface area contributed by atoms with E-state index in [4.69, 9.17) is 11.6 Å². The number of carbonyl (C=O) groups is 1. The van der Waals surface area contributed by atoms with Gasteiger partial charge in [-0.15, -0.1) is 0 Å². The van der Waals surface area contributed by atoms with Gasteiger partial charge in [0.25, 0.3) is 0 Å². The molecule has 1 aliphatic heterocycles. The Morgan fingerprint density at radius 3 is 2.95 bits per heavy atom. The Morgan fingerprint density at radius 2 is 2.19 bits per heavy atom. The largest absolute Gasteiger partial charge is 0.481 e. The summed E-state index contributed by atoms with van der Waals surface area (Å²) in [5, 5.41) is 10.9. The van der Waals surface area contributed by atoms with E-state index in [0.29, 0.717) is 17.5 Å². The van der Waals surface area contributed by atoms with E-state index >= 15 is 0 Å². The number of fused-ring (bicyclic) bond motifs is 1. The third-order valence-corrected chi connectivity index (χ3v) is 4.35. The van der Waals surface area contributed by atoms with Crippen LogP contribution in [0, 0.1) is 11.8 Å². The molecule has 2 heterocycles. The second kappa shape index (κ2) is 5.53. The average molecular weight is 305 g/mol. The Bertz CT molecular complexity index is 689. The lowest BCUT2D eigenvalue weighted by atomic mass is 9.90. The fourth-order valence-electron chi connectivity index (χ4n) is 3.13. The summed E-state index contributed by atoms with van der Waals surface area (Å²) in [5.74, 6) is -0.693. The Morgan fingerprint density at radius 1 is 1.38 bits per heavy atom. The highest BCUT2D eigenvalue weighted by atomic mass is 35.5. The molecule has 4 nitrogen and oxygen atoms in total. The predicted molar refractivity (Wildman–Crippen MR) is 83.9 cm³/mol. The van der Waals surface area contributed by atoms with Gasteiger partial charge < -0.3 is 10.0 Å². The van der Waals surface area contributed by atoms with Crippen molar-refractivity contribution in [3.8, 4) is 0 Å². The van der Waals surface area contributed by atoms with E-state index in [1.807, 2.05) is 24.3 Å². The molecule has 0 saturated carbocycles. The van der Waals surface area contributed by atoms with Crippen LogP contribution < -0.4 is 4.90 Å². The van der Waals surface area contributed by atoms with Gasteiger partial charge in [0.15, 0.2) is 0 Å². The highest BCUT2D eigenvalue weighted by Gasteiger charge is 2.30. The van der Waals surface area contributed by atoms with Crippen LogP contribution in [0.5, 0.6) is 0 Å². The van der Waals surface area contributed by atoms with Gasteiger partial charge in [-0.1, -0.05) is 30.7 Å². The lowest BCUT2D eigenvalue weighted by Gasteiger charge is -2.36. The van der Waals surface area contributed by atoms with Crippen LogP contribution in [-0.2, 0) is 4.79 Å². The lowest BCUT2D eigenvalue weighted by Crippen LogP contribution is -2.42. The van der Waals surface area contributed by atoms with Gasteiger partial charge in [0.05, 0.1) is 16.5 Å². The Hall–Kier alpha value is -1.81. The number of nitrogens with zero attached hydrogens (tertiary/aromatic N) is 2. The third kappa shape index (κ3) is 2.68. The number of rotatable bonds is 2. The summed E-state index contributed by atoms with van der Waals surface area (Å²) < 4.78 is 0. The Kier molecular flexibility index (Phi) is 3.72. The van der Waals surface area contributed by atoms with Gasteiger partial charge in [-0.2, -0.15) is 0 Å². The van der Waals surface area contributed by atoms with Crippen LogP contribution in [0.4, 0.5) is 5.69 Å². The molecule has 0 bridgehead atoms. The van der Waals surface area contributed by atoms with Crippen LogP contribution in [0.25, 0.3) is 10.9 Å². The molecular formula is C16H17ClN2O2. The van der Waals surface area contributed by atoms with Gasteiger partial charge in [-0.3, -0.25) is 9.78 Å². The summed E-state index contributed by atoms with van der Waals surface area (Å²) in [6.45, 7) is 3.49. The van der Waals surface area contributed by atoms with Crippen LogP contribution in [-0.4, -0.2) is 29.1 Å². The highest BCUT2D eigenvalue weighted by molar-refractivity contribution is 6.35. The van der Waals surface area contributed by atoms with E-state index in [2.05, 4.69) is 16.8 Å². The maximum Gasteiger partial charge on any atom is 0.308 e. The number of carboxylic acid groups (broad SMARTS) is 1. The van der Waals surface area contributed by atoms with Gasteiger partial charge >= 0.3 is 5.97 Å². The molecule has 0 spiro atoms. The predicted octanol–water partition coefficient (Wildman–Crippen LogP) is 3.44. The molecule has 1 fully saturated rings. The van der Waals surface area contributed by atoms with Crippen molar-refractivity contribution < 1.29 is 9.90 Å². The molecule has 0 radical (unpaired) electrons. The molecule has 0 amide bonds. The number of pyridine rings is 1. The monoisotopic (exact) mass is 304 g/mol. The van der Waals surface area contributed by atoms with E-state index in [1.165, 1.54) is 0 Å². The number of hydrogen-bond donors (Lipinski definition) is 1. The molecule has 2 unspecified atom stereocenters. The van der Waals surface area contributed by atoms with Crippen molar-refractivity contribution in [2.45, 2.75) is 13.3 Å². The summed E-state index contributed by atoms with van der Waals surface area (Å²) in [4.78, 5) is 17.8. The normalized spacial score (nSPS) is 22.5. The standard InChI is InChI=1S/C16H17ClN2O2/c1-10-7-11(16(20)21)9-19(8-10)14-5-6-18-15-12(14)3-2-4-13(15)17/h2-6,10-11H,7-9H2,1H3,(H,20,21). The molecule has 2 aromatic rings. The minimum absolute atomic E-state index is 0.323. The molecule has 1 N–H and O–H groups in total. The molecule has 110 valence electrons. The SMILES string of the molecule is CC1CC(C(=O)O)CN(c2ccnc3c(Cl)cccc23)C1. The smallest absolute Gasteiger partial charge is 0.308 e. The van der Waals surface area contributed by atoms with Crippen molar-refractivity contribution in [2.24, 2.45) is 11.8 Å². The highest BCUT2D eigenvalue weighted by Crippen LogP contribution is 2.33. The molecule has 1 aliphatic rings. The summed E-state index contributed by atoms with van der Waals surface area (Å²) in [7, 11) is 0. The quantitative estimate of drug-likeness (QED) is 0.923. The number of benzene rings is 1. The fourth-order valence-corrected chi connectivity index (χ4v) is 3.35. The Balaban J connectivity index is 2.03. The molecule has 21 heavy (non-hydrogen) atoms. The number of anilines is 1. The average Bonchev–Trinajstić information content (AvgIpc) is 2.46. The van der Waals surface area contributed by atoms with Crippen LogP contribution in [0.15, 0.2) is 30.5 Å². The van der Waals surface area contributed by atoms with Gasteiger partial charge in [0.2, 0.25) is 0 Å². The summed E-state index contributed by atoms with van der Waals surface area (Å²) in [6, 6.07) is 7.64. The van der Waals surface area contributed by atoms with Crippen molar-refractivity contribution in [3.05, 3.63) is 35.5 Å². The molecule has 5 heteroatoms. The molecule has 1 aromatic carbocycles.